The summed E-state index contributed by atoms with van der Waals surface area (Å²) < 4.78 is 3.74. The standard InChI is InChI=1S/C13H21N7/c1-7-8-18(4)12(3)16-14-11(2)15-17-13-19(5)9-10-20(13)6/h7-10H,3H2,1-2,4-6H3/b8-7-,15-11+,16-14+. The van der Waals surface area contributed by atoms with E-state index >= 15 is 0 Å². The van der Waals surface area contributed by atoms with Crippen LogP contribution in [-0.4, -0.2) is 26.9 Å². The number of imidazole rings is 1. The molecule has 0 spiro atoms. The second kappa shape index (κ2) is 7.22. The second-order valence-corrected chi connectivity index (χ2v) is 4.28. The molecule has 0 aliphatic heterocycles. The van der Waals surface area contributed by atoms with Crippen molar-refractivity contribution in [2.24, 2.45) is 34.5 Å². The molecule has 7 nitrogen and oxygen atoms in total. The number of hydrogen-bond donors (Lipinski definition) is 0. The van der Waals surface area contributed by atoms with Crippen LogP contribution in [0.15, 0.2) is 57.5 Å². The van der Waals surface area contributed by atoms with Crippen molar-refractivity contribution in [2.45, 2.75) is 13.8 Å². The quantitative estimate of drug-likeness (QED) is 0.359. The van der Waals surface area contributed by atoms with Gasteiger partial charge in [0.2, 0.25) is 5.62 Å². The highest BCUT2D eigenvalue weighted by molar-refractivity contribution is 5.79. The van der Waals surface area contributed by atoms with Gasteiger partial charge in [-0.1, -0.05) is 12.7 Å². The lowest BCUT2D eigenvalue weighted by Gasteiger charge is -2.10. The van der Waals surface area contributed by atoms with E-state index in [2.05, 4.69) is 27.0 Å². The molecule has 0 saturated carbocycles. The average Bonchev–Trinajstić information content (AvgIpc) is 2.73. The molecule has 0 unspecified atom stereocenters. The van der Waals surface area contributed by atoms with Crippen LogP contribution in [0.2, 0.25) is 0 Å². The summed E-state index contributed by atoms with van der Waals surface area (Å²) in [5, 5.41) is 16.1. The van der Waals surface area contributed by atoms with E-state index in [0.29, 0.717) is 11.7 Å². The molecular formula is C13H21N7. The van der Waals surface area contributed by atoms with E-state index < -0.39 is 0 Å². The van der Waals surface area contributed by atoms with Gasteiger partial charge in [0.25, 0.3) is 0 Å². The third-order valence-electron chi connectivity index (χ3n) is 2.52. The van der Waals surface area contributed by atoms with Crippen LogP contribution in [0.25, 0.3) is 0 Å². The highest BCUT2D eigenvalue weighted by atomic mass is 15.3. The van der Waals surface area contributed by atoms with E-state index in [1.807, 2.05) is 61.9 Å². The molecule has 20 heavy (non-hydrogen) atoms. The van der Waals surface area contributed by atoms with Gasteiger partial charge in [0, 0.05) is 39.7 Å². The fraction of sp³-hybridized carbons (Fsp3) is 0.385. The first-order valence-corrected chi connectivity index (χ1v) is 6.18. The van der Waals surface area contributed by atoms with E-state index in [1.165, 1.54) is 0 Å². The Balaban J connectivity index is 2.82. The maximum Gasteiger partial charge on any atom is 0.229 e. The van der Waals surface area contributed by atoms with Gasteiger partial charge >= 0.3 is 0 Å². The molecular weight excluding hydrogens is 254 g/mol. The van der Waals surface area contributed by atoms with Crippen molar-refractivity contribution in [3.63, 3.8) is 0 Å². The molecule has 0 N–H and O–H groups in total. The fourth-order valence-electron chi connectivity index (χ4n) is 1.37. The summed E-state index contributed by atoms with van der Waals surface area (Å²) in [4.78, 5) is 1.77. The van der Waals surface area contributed by atoms with Crippen molar-refractivity contribution in [2.75, 3.05) is 7.05 Å². The molecule has 0 aliphatic carbocycles. The number of nitrogens with zero attached hydrogens (tertiary/aromatic N) is 7. The second-order valence-electron chi connectivity index (χ2n) is 4.28. The Hall–Kier alpha value is -2.44. The molecule has 0 saturated heterocycles. The molecule has 0 aliphatic rings. The molecule has 0 radical (unpaired) electrons. The summed E-state index contributed by atoms with van der Waals surface area (Å²) in [5.41, 5.74) is 0.726. The molecule has 1 aromatic heterocycles. The highest BCUT2D eigenvalue weighted by Gasteiger charge is 1.95. The topological polar surface area (TPSA) is 62.5 Å². The minimum Gasteiger partial charge on any atom is -0.335 e. The summed E-state index contributed by atoms with van der Waals surface area (Å²) in [6.45, 7) is 7.46. The van der Waals surface area contributed by atoms with Gasteiger partial charge in [0.05, 0.1) is 0 Å². The Bertz CT molecular complexity index is 590. The highest BCUT2D eigenvalue weighted by Crippen LogP contribution is 2.01. The average molecular weight is 275 g/mol. The van der Waals surface area contributed by atoms with Crippen LogP contribution in [0.1, 0.15) is 13.8 Å². The zero-order valence-corrected chi connectivity index (χ0v) is 12.6. The van der Waals surface area contributed by atoms with Crippen LogP contribution in [0.5, 0.6) is 0 Å². The molecule has 1 aromatic rings. The van der Waals surface area contributed by atoms with Crippen LogP contribution in [-0.2, 0) is 14.1 Å². The zero-order chi connectivity index (χ0) is 15.1. The Labute approximate surface area is 119 Å². The van der Waals surface area contributed by atoms with Gasteiger partial charge in [0.15, 0.2) is 5.84 Å². The summed E-state index contributed by atoms with van der Waals surface area (Å²) in [5.74, 6) is 0.989. The van der Waals surface area contributed by atoms with Gasteiger partial charge < -0.3 is 14.0 Å². The predicted octanol–water partition coefficient (Wildman–Crippen LogP) is 1.99. The third-order valence-corrected chi connectivity index (χ3v) is 2.52. The van der Waals surface area contributed by atoms with Crippen LogP contribution < -0.4 is 5.62 Å². The minimum absolute atomic E-state index is 0.459. The Morgan fingerprint density at radius 1 is 1.25 bits per heavy atom. The molecule has 0 atom stereocenters. The summed E-state index contributed by atoms with van der Waals surface area (Å²) in [6, 6.07) is 0. The van der Waals surface area contributed by atoms with Crippen molar-refractivity contribution in [1.29, 1.82) is 0 Å². The van der Waals surface area contributed by atoms with E-state index in [4.69, 9.17) is 0 Å². The summed E-state index contributed by atoms with van der Waals surface area (Å²) >= 11 is 0. The number of azo groups is 1. The van der Waals surface area contributed by atoms with Gasteiger partial charge in [-0.15, -0.1) is 20.4 Å². The normalized spacial score (nSPS) is 12.3. The maximum absolute atomic E-state index is 4.13. The van der Waals surface area contributed by atoms with Crippen molar-refractivity contribution in [1.82, 2.24) is 14.0 Å². The van der Waals surface area contributed by atoms with E-state index in [-0.39, 0.29) is 0 Å². The number of amidine groups is 1. The summed E-state index contributed by atoms with van der Waals surface area (Å²) in [7, 11) is 5.65. The molecule has 7 heteroatoms. The molecule has 0 bridgehead atoms. The largest absolute Gasteiger partial charge is 0.335 e. The number of aromatic nitrogens is 2. The monoisotopic (exact) mass is 275 g/mol. The molecule has 0 fully saturated rings. The van der Waals surface area contributed by atoms with Crippen molar-refractivity contribution in [3.05, 3.63) is 42.7 Å². The van der Waals surface area contributed by atoms with Crippen molar-refractivity contribution in [3.8, 4) is 0 Å². The first-order chi connectivity index (χ1) is 9.45. The molecule has 108 valence electrons. The lowest BCUT2D eigenvalue weighted by Crippen LogP contribution is -2.21. The van der Waals surface area contributed by atoms with Crippen LogP contribution in [0.4, 0.5) is 0 Å². The van der Waals surface area contributed by atoms with Gasteiger partial charge in [-0.05, 0) is 13.8 Å². The Morgan fingerprint density at radius 2 is 1.85 bits per heavy atom. The summed E-state index contributed by atoms with van der Waals surface area (Å²) in [6.07, 6.45) is 7.55. The van der Waals surface area contributed by atoms with Gasteiger partial charge in [-0.25, -0.2) is 0 Å². The molecule has 0 amide bonds. The van der Waals surface area contributed by atoms with Crippen molar-refractivity contribution < 1.29 is 0 Å². The maximum atomic E-state index is 4.13. The van der Waals surface area contributed by atoms with Crippen LogP contribution in [0, 0.1) is 0 Å². The number of aryl methyl sites for hydroxylation is 2. The van der Waals surface area contributed by atoms with Gasteiger partial charge in [-0.2, -0.15) is 0 Å². The Morgan fingerprint density at radius 3 is 2.40 bits per heavy atom. The Kier molecular flexibility index (Phi) is 5.64. The fourth-order valence-corrected chi connectivity index (χ4v) is 1.37. The first kappa shape index (κ1) is 15.6. The number of allylic oxidation sites excluding steroid dienone is 1. The van der Waals surface area contributed by atoms with Crippen LogP contribution in [0.3, 0.4) is 0 Å². The lowest BCUT2D eigenvalue weighted by molar-refractivity contribution is 0.556. The lowest BCUT2D eigenvalue weighted by atomic mass is 10.6. The minimum atomic E-state index is 0.459. The predicted molar refractivity (Wildman–Crippen MR) is 79.6 cm³/mol. The van der Waals surface area contributed by atoms with E-state index in [1.54, 1.807) is 11.8 Å². The van der Waals surface area contributed by atoms with Crippen molar-refractivity contribution >= 4 is 5.84 Å². The van der Waals surface area contributed by atoms with E-state index in [0.717, 1.165) is 5.62 Å². The number of hydrogen-bond acceptors (Lipinski definition) is 4. The SMILES string of the molecule is C=C(/N=N/C(C)=N/N=c1n(C)ccn1C)N(C)/C=C\C. The third kappa shape index (κ3) is 4.34. The molecule has 1 heterocycles. The van der Waals surface area contributed by atoms with Gasteiger partial charge in [-0.3, -0.25) is 0 Å². The first-order valence-electron chi connectivity index (χ1n) is 6.18. The smallest absolute Gasteiger partial charge is 0.229 e. The molecule has 1 rings (SSSR count). The zero-order valence-electron chi connectivity index (χ0n) is 12.6. The number of rotatable bonds is 4. The van der Waals surface area contributed by atoms with Crippen LogP contribution >= 0.6 is 0 Å². The van der Waals surface area contributed by atoms with Gasteiger partial charge in [0.1, 0.15) is 5.82 Å². The van der Waals surface area contributed by atoms with E-state index in [9.17, 15) is 0 Å². The molecule has 0 aromatic carbocycles.